The SMILES string of the molecule is NS(=O)(=O)c1ccc(-n2cc(C3C=CCCC3)c(C(F)(F)F)n2)cc1CO. The van der Waals surface area contributed by atoms with Gasteiger partial charge in [0.2, 0.25) is 10.0 Å². The summed E-state index contributed by atoms with van der Waals surface area (Å²) in [6.45, 7) is -0.634. The van der Waals surface area contributed by atoms with E-state index < -0.39 is 28.5 Å². The Kier molecular flexibility index (Phi) is 5.15. The Balaban J connectivity index is 2.11. The zero-order valence-corrected chi connectivity index (χ0v) is 15.0. The number of aromatic nitrogens is 2. The van der Waals surface area contributed by atoms with Gasteiger partial charge in [0.15, 0.2) is 5.69 Å². The van der Waals surface area contributed by atoms with Crippen molar-refractivity contribution in [1.82, 2.24) is 9.78 Å². The van der Waals surface area contributed by atoms with Crippen molar-refractivity contribution in [2.24, 2.45) is 5.14 Å². The molecule has 0 spiro atoms. The fourth-order valence-electron chi connectivity index (χ4n) is 3.19. The molecule has 0 saturated heterocycles. The van der Waals surface area contributed by atoms with Gasteiger partial charge in [0.25, 0.3) is 0 Å². The standard InChI is InChI=1S/C17H18F3N3O3S/c18-17(19,20)16-14(11-4-2-1-3-5-11)9-23(22-16)13-6-7-15(27(21,25)26)12(8-13)10-24/h2,4,6-9,11,24H,1,3,5,10H2,(H2,21,25,26). The van der Waals surface area contributed by atoms with Crippen molar-refractivity contribution in [3.8, 4) is 5.69 Å². The van der Waals surface area contributed by atoms with Gasteiger partial charge in [-0.05, 0) is 43.0 Å². The van der Waals surface area contributed by atoms with Gasteiger partial charge in [-0.3, -0.25) is 0 Å². The predicted octanol–water partition coefficient (Wildman–Crippen LogP) is 2.85. The summed E-state index contributed by atoms with van der Waals surface area (Å²) in [6.07, 6.45) is 2.52. The smallest absolute Gasteiger partial charge is 0.392 e. The van der Waals surface area contributed by atoms with E-state index in [2.05, 4.69) is 5.10 Å². The van der Waals surface area contributed by atoms with E-state index in [1.165, 1.54) is 18.3 Å². The number of nitrogens with zero attached hydrogens (tertiary/aromatic N) is 2. The third kappa shape index (κ3) is 4.07. The number of primary sulfonamides is 1. The van der Waals surface area contributed by atoms with Crippen LogP contribution in [0.5, 0.6) is 0 Å². The van der Waals surface area contributed by atoms with E-state index in [0.29, 0.717) is 6.42 Å². The van der Waals surface area contributed by atoms with E-state index in [-0.39, 0.29) is 27.6 Å². The number of sulfonamides is 1. The van der Waals surface area contributed by atoms with E-state index in [9.17, 15) is 26.7 Å². The molecule has 6 nitrogen and oxygen atoms in total. The fourth-order valence-corrected chi connectivity index (χ4v) is 3.94. The molecule has 1 aromatic heterocycles. The minimum atomic E-state index is -4.62. The maximum absolute atomic E-state index is 13.5. The zero-order valence-electron chi connectivity index (χ0n) is 14.1. The Morgan fingerprint density at radius 3 is 2.63 bits per heavy atom. The normalized spacial score (nSPS) is 18.0. The van der Waals surface area contributed by atoms with E-state index in [1.807, 2.05) is 6.08 Å². The molecule has 0 radical (unpaired) electrons. The summed E-state index contributed by atoms with van der Waals surface area (Å²) in [6, 6.07) is 3.70. The summed E-state index contributed by atoms with van der Waals surface area (Å²) in [5.41, 5.74) is -0.721. The van der Waals surface area contributed by atoms with Crippen LogP contribution < -0.4 is 5.14 Å². The van der Waals surface area contributed by atoms with Gasteiger partial charge in [-0.25, -0.2) is 18.2 Å². The molecule has 1 unspecified atom stereocenters. The van der Waals surface area contributed by atoms with Gasteiger partial charge in [-0.1, -0.05) is 12.2 Å². The summed E-state index contributed by atoms with van der Waals surface area (Å²) in [5.74, 6) is -0.384. The quantitative estimate of drug-likeness (QED) is 0.770. The lowest BCUT2D eigenvalue weighted by molar-refractivity contribution is -0.142. The van der Waals surface area contributed by atoms with Gasteiger partial charge < -0.3 is 5.11 Å². The summed E-state index contributed by atoms with van der Waals surface area (Å²) in [7, 11) is -4.07. The number of hydrogen-bond acceptors (Lipinski definition) is 4. The van der Waals surface area contributed by atoms with E-state index in [1.54, 1.807) is 6.08 Å². The van der Waals surface area contributed by atoms with Crippen LogP contribution in [0.1, 0.15) is 42.0 Å². The predicted molar refractivity (Wildman–Crippen MR) is 91.6 cm³/mol. The average molecular weight is 401 g/mol. The Morgan fingerprint density at radius 2 is 2.07 bits per heavy atom. The summed E-state index contributed by atoms with van der Waals surface area (Å²) >= 11 is 0. The highest BCUT2D eigenvalue weighted by atomic mass is 32.2. The molecule has 1 aliphatic rings. The monoisotopic (exact) mass is 401 g/mol. The van der Waals surface area contributed by atoms with Gasteiger partial charge in [-0.2, -0.15) is 18.3 Å². The molecule has 146 valence electrons. The maximum Gasteiger partial charge on any atom is 0.435 e. The third-order valence-corrected chi connectivity index (χ3v) is 5.46. The molecule has 1 heterocycles. The number of aliphatic hydroxyl groups excluding tert-OH is 1. The van der Waals surface area contributed by atoms with Gasteiger partial charge >= 0.3 is 6.18 Å². The Morgan fingerprint density at radius 1 is 1.33 bits per heavy atom. The fraction of sp³-hybridized carbons (Fsp3) is 0.353. The van der Waals surface area contributed by atoms with Crippen molar-refractivity contribution in [1.29, 1.82) is 0 Å². The van der Waals surface area contributed by atoms with Crippen LogP contribution >= 0.6 is 0 Å². The zero-order chi connectivity index (χ0) is 19.8. The average Bonchev–Trinajstić information content (AvgIpc) is 3.07. The minimum absolute atomic E-state index is 0.0156. The first-order chi connectivity index (χ1) is 12.6. The molecule has 0 saturated carbocycles. The number of halogens is 3. The first kappa shape index (κ1) is 19.6. The summed E-state index contributed by atoms with van der Waals surface area (Å²) in [4.78, 5) is -0.285. The first-order valence-corrected chi connectivity index (χ1v) is 9.76. The van der Waals surface area contributed by atoms with E-state index in [0.717, 1.165) is 23.6 Å². The third-order valence-electron chi connectivity index (χ3n) is 4.45. The largest absolute Gasteiger partial charge is 0.435 e. The topological polar surface area (TPSA) is 98.2 Å². The second-order valence-corrected chi connectivity index (χ2v) is 7.87. The highest BCUT2D eigenvalue weighted by Gasteiger charge is 2.39. The molecule has 1 atom stereocenters. The molecule has 0 fully saturated rings. The van der Waals surface area contributed by atoms with Gasteiger partial charge in [0.1, 0.15) is 0 Å². The van der Waals surface area contributed by atoms with Crippen LogP contribution in [-0.4, -0.2) is 23.3 Å². The van der Waals surface area contributed by atoms with Crippen LogP contribution in [0.15, 0.2) is 41.4 Å². The molecular weight excluding hydrogens is 383 g/mol. The number of nitrogens with two attached hydrogens (primary N) is 1. The van der Waals surface area contributed by atoms with Crippen LogP contribution in [0.3, 0.4) is 0 Å². The van der Waals surface area contributed by atoms with Crippen molar-refractivity contribution in [2.45, 2.75) is 42.9 Å². The number of rotatable bonds is 4. The summed E-state index contributed by atoms with van der Waals surface area (Å²) < 4.78 is 64.5. The molecular formula is C17H18F3N3O3S. The Labute approximate surface area is 154 Å². The second-order valence-electron chi connectivity index (χ2n) is 6.34. The second kappa shape index (κ2) is 7.10. The van der Waals surface area contributed by atoms with Gasteiger partial charge in [0, 0.05) is 17.7 Å². The molecule has 0 aliphatic heterocycles. The first-order valence-electron chi connectivity index (χ1n) is 8.21. The lowest BCUT2D eigenvalue weighted by Gasteiger charge is -2.16. The number of allylic oxidation sites excluding steroid dienone is 2. The molecule has 2 aromatic rings. The van der Waals surface area contributed by atoms with Gasteiger partial charge in [0.05, 0.1) is 17.2 Å². The lowest BCUT2D eigenvalue weighted by Crippen LogP contribution is -2.15. The van der Waals surface area contributed by atoms with Crippen LogP contribution in [0, 0.1) is 0 Å². The lowest BCUT2D eigenvalue weighted by atomic mass is 9.89. The van der Waals surface area contributed by atoms with Crippen LogP contribution in [0.2, 0.25) is 0 Å². The Bertz CT molecular complexity index is 981. The number of aliphatic hydroxyl groups is 1. The van der Waals surface area contributed by atoms with Crippen molar-refractivity contribution in [3.05, 3.63) is 53.4 Å². The minimum Gasteiger partial charge on any atom is -0.392 e. The molecule has 3 rings (SSSR count). The van der Waals surface area contributed by atoms with Crippen molar-refractivity contribution < 1.29 is 26.7 Å². The molecule has 10 heteroatoms. The number of benzene rings is 1. The molecule has 3 N–H and O–H groups in total. The molecule has 1 aromatic carbocycles. The molecule has 0 bridgehead atoms. The van der Waals surface area contributed by atoms with Crippen molar-refractivity contribution in [2.75, 3.05) is 0 Å². The highest BCUT2D eigenvalue weighted by Crippen LogP contribution is 2.38. The number of hydrogen-bond donors (Lipinski definition) is 2. The molecule has 0 amide bonds. The van der Waals surface area contributed by atoms with Crippen molar-refractivity contribution >= 4 is 10.0 Å². The van der Waals surface area contributed by atoms with Crippen LogP contribution in [0.4, 0.5) is 13.2 Å². The van der Waals surface area contributed by atoms with Crippen molar-refractivity contribution in [3.63, 3.8) is 0 Å². The van der Waals surface area contributed by atoms with Gasteiger partial charge in [-0.15, -0.1) is 0 Å². The van der Waals surface area contributed by atoms with Crippen LogP contribution in [0.25, 0.3) is 5.69 Å². The van der Waals surface area contributed by atoms with E-state index >= 15 is 0 Å². The molecule has 1 aliphatic carbocycles. The van der Waals surface area contributed by atoms with Crippen LogP contribution in [-0.2, 0) is 22.8 Å². The highest BCUT2D eigenvalue weighted by molar-refractivity contribution is 7.89. The summed E-state index contributed by atoms with van der Waals surface area (Å²) in [5, 5.41) is 18.2. The van der Waals surface area contributed by atoms with E-state index in [4.69, 9.17) is 5.14 Å². The number of alkyl halides is 3. The maximum atomic E-state index is 13.5. The Hall–Kier alpha value is -2.17. The molecule has 27 heavy (non-hydrogen) atoms.